The van der Waals surface area contributed by atoms with Gasteiger partial charge in [-0.15, -0.1) is 13.2 Å². The van der Waals surface area contributed by atoms with Crippen LogP contribution in [0.15, 0.2) is 67.1 Å². The molecule has 0 unspecified atom stereocenters. The van der Waals surface area contributed by atoms with E-state index in [4.69, 9.17) is 5.73 Å². The van der Waals surface area contributed by atoms with Gasteiger partial charge in [-0.2, -0.15) is 0 Å². The smallest absolute Gasteiger partial charge is 0.406 e. The molecule has 210 valence electrons. The minimum Gasteiger partial charge on any atom is -0.406 e. The van der Waals surface area contributed by atoms with Crippen LogP contribution in [0.5, 0.6) is 5.75 Å². The van der Waals surface area contributed by atoms with Crippen LogP contribution in [0.25, 0.3) is 0 Å². The standard InChI is InChI=1S/C27H27F3N6O4/c1-3-21(17-4-6-19(7-5-17)40-27(28,29)30)34-26(39)36-23(25(38)35(2)18-9-11-32-12-10-18)20(24(36)37)14-16-8-13-33-22(31)15-16/h4-13,15,20-21,23H,3,14H2,1-2H3,(H2,31,33)(H,34,39)/t20-,21-,23+/m1/s1. The number of likely N-dealkylation sites (N-methyl/N-ethyl adjacent to an activating group) is 1. The second-order valence-electron chi connectivity index (χ2n) is 9.18. The summed E-state index contributed by atoms with van der Waals surface area (Å²) in [6.07, 6.45) is 0.222. The maximum Gasteiger partial charge on any atom is 0.573 e. The van der Waals surface area contributed by atoms with E-state index in [1.165, 1.54) is 42.7 Å². The molecule has 0 spiro atoms. The summed E-state index contributed by atoms with van der Waals surface area (Å²) >= 11 is 0. The van der Waals surface area contributed by atoms with E-state index in [0.29, 0.717) is 23.2 Å². The number of amides is 4. The van der Waals surface area contributed by atoms with E-state index < -0.39 is 48.0 Å². The number of benzene rings is 1. The number of alkyl halides is 3. The van der Waals surface area contributed by atoms with Crippen LogP contribution in [0.1, 0.15) is 30.5 Å². The first-order valence-electron chi connectivity index (χ1n) is 12.4. The minimum absolute atomic E-state index is 0.161. The molecule has 3 aromatic rings. The monoisotopic (exact) mass is 556 g/mol. The lowest BCUT2D eigenvalue weighted by atomic mass is 9.81. The molecule has 1 aliphatic rings. The lowest BCUT2D eigenvalue weighted by Crippen LogP contribution is -2.70. The van der Waals surface area contributed by atoms with Crippen molar-refractivity contribution in [2.45, 2.75) is 38.2 Å². The summed E-state index contributed by atoms with van der Waals surface area (Å²) in [5, 5.41) is 2.73. The molecule has 13 heteroatoms. The summed E-state index contributed by atoms with van der Waals surface area (Å²) in [7, 11) is 1.54. The minimum atomic E-state index is -4.83. The van der Waals surface area contributed by atoms with Crippen LogP contribution < -0.4 is 20.7 Å². The number of carbonyl (C=O) groups is 3. The van der Waals surface area contributed by atoms with E-state index in [2.05, 4.69) is 20.0 Å². The van der Waals surface area contributed by atoms with Crippen molar-refractivity contribution in [1.82, 2.24) is 20.2 Å². The highest BCUT2D eigenvalue weighted by Crippen LogP contribution is 2.34. The highest BCUT2D eigenvalue weighted by molar-refractivity contribution is 6.12. The number of rotatable bonds is 8. The number of hydrogen-bond acceptors (Lipinski definition) is 7. The number of nitrogen functional groups attached to an aromatic ring is 1. The van der Waals surface area contributed by atoms with Gasteiger partial charge < -0.3 is 20.7 Å². The fourth-order valence-electron chi connectivity index (χ4n) is 4.57. The highest BCUT2D eigenvalue weighted by atomic mass is 19.4. The molecule has 1 saturated heterocycles. The largest absolute Gasteiger partial charge is 0.573 e. The average molecular weight is 557 g/mol. The number of imide groups is 1. The molecule has 3 N–H and O–H groups in total. The molecule has 10 nitrogen and oxygen atoms in total. The molecule has 1 fully saturated rings. The summed E-state index contributed by atoms with van der Waals surface area (Å²) in [4.78, 5) is 50.4. The molecule has 1 aliphatic heterocycles. The molecule has 0 bridgehead atoms. The molecular formula is C27H27F3N6O4. The summed E-state index contributed by atoms with van der Waals surface area (Å²) in [5.41, 5.74) is 7.48. The first kappa shape index (κ1) is 28.3. The summed E-state index contributed by atoms with van der Waals surface area (Å²) in [6.45, 7) is 1.76. The zero-order valence-corrected chi connectivity index (χ0v) is 21.6. The maximum absolute atomic E-state index is 13.6. The molecule has 0 saturated carbocycles. The number of pyridine rings is 2. The Labute approximate surface area is 227 Å². The Hall–Kier alpha value is -4.68. The Balaban J connectivity index is 1.55. The van der Waals surface area contributed by atoms with Gasteiger partial charge in [0.1, 0.15) is 17.6 Å². The number of nitrogens with zero attached hydrogens (tertiary/aromatic N) is 4. The molecular weight excluding hydrogens is 529 g/mol. The van der Waals surface area contributed by atoms with E-state index in [9.17, 15) is 27.6 Å². The Morgan fingerprint density at radius 1 is 1.12 bits per heavy atom. The van der Waals surface area contributed by atoms with Crippen molar-refractivity contribution in [3.05, 3.63) is 78.2 Å². The van der Waals surface area contributed by atoms with Crippen LogP contribution >= 0.6 is 0 Å². The lowest BCUT2D eigenvalue weighted by molar-refractivity contribution is -0.274. The van der Waals surface area contributed by atoms with Crippen LogP contribution in [0.4, 0.5) is 29.5 Å². The Morgan fingerprint density at radius 2 is 1.80 bits per heavy atom. The fraction of sp³-hybridized carbons (Fsp3) is 0.296. The maximum atomic E-state index is 13.6. The normalized spacial score (nSPS) is 17.5. The van der Waals surface area contributed by atoms with Crippen LogP contribution in [0.2, 0.25) is 0 Å². The Kier molecular flexibility index (Phi) is 8.21. The Bertz CT molecular complexity index is 1370. The van der Waals surface area contributed by atoms with E-state index in [-0.39, 0.29) is 12.2 Å². The van der Waals surface area contributed by atoms with Crippen LogP contribution in [0.3, 0.4) is 0 Å². The van der Waals surface area contributed by atoms with Gasteiger partial charge in [-0.25, -0.2) is 9.78 Å². The predicted octanol–water partition coefficient (Wildman–Crippen LogP) is 3.85. The van der Waals surface area contributed by atoms with Crippen molar-refractivity contribution in [2.75, 3.05) is 17.7 Å². The number of urea groups is 1. The first-order chi connectivity index (χ1) is 19.0. The van der Waals surface area contributed by atoms with Gasteiger partial charge in [0.05, 0.1) is 12.0 Å². The van der Waals surface area contributed by atoms with Gasteiger partial charge in [-0.3, -0.25) is 19.5 Å². The molecule has 0 aliphatic carbocycles. The molecule has 4 amide bonds. The molecule has 0 radical (unpaired) electrons. The third-order valence-electron chi connectivity index (χ3n) is 6.59. The number of nitrogens with two attached hydrogens (primary N) is 1. The van der Waals surface area contributed by atoms with Gasteiger partial charge in [0.2, 0.25) is 5.91 Å². The number of β-lactam (4-membered cyclic amide) rings is 1. The zero-order chi connectivity index (χ0) is 29.0. The average Bonchev–Trinajstić information content (AvgIpc) is 2.92. The van der Waals surface area contributed by atoms with Gasteiger partial charge in [0.25, 0.3) is 5.91 Å². The van der Waals surface area contributed by atoms with Crippen LogP contribution in [-0.4, -0.2) is 52.2 Å². The molecule has 2 aromatic heterocycles. The number of ether oxygens (including phenoxy) is 1. The fourth-order valence-corrected chi connectivity index (χ4v) is 4.57. The van der Waals surface area contributed by atoms with Crippen LogP contribution in [-0.2, 0) is 16.0 Å². The number of carbonyl (C=O) groups excluding carboxylic acids is 3. The van der Waals surface area contributed by atoms with E-state index in [0.717, 1.165) is 17.0 Å². The van der Waals surface area contributed by atoms with Gasteiger partial charge in [0, 0.05) is 31.3 Å². The van der Waals surface area contributed by atoms with Crippen LogP contribution in [0, 0.1) is 5.92 Å². The van der Waals surface area contributed by atoms with Crippen molar-refractivity contribution in [3.8, 4) is 5.75 Å². The summed E-state index contributed by atoms with van der Waals surface area (Å²) in [5.74, 6) is -2.00. The number of anilines is 2. The number of aromatic nitrogens is 2. The molecule has 3 heterocycles. The second-order valence-corrected chi connectivity index (χ2v) is 9.18. The van der Waals surface area contributed by atoms with E-state index in [1.807, 2.05) is 0 Å². The Morgan fingerprint density at radius 3 is 2.40 bits per heavy atom. The SMILES string of the molecule is CC[C@@H](NC(=O)N1C(=O)[C@H](Cc2ccnc(N)c2)[C@H]1C(=O)N(C)c1ccncc1)c1ccc(OC(F)(F)F)cc1. The predicted molar refractivity (Wildman–Crippen MR) is 139 cm³/mol. The number of hydrogen-bond donors (Lipinski definition) is 2. The van der Waals surface area contributed by atoms with Gasteiger partial charge in [0.15, 0.2) is 0 Å². The number of likely N-dealkylation sites (tertiary alicyclic amines) is 1. The second kappa shape index (κ2) is 11.6. The molecule has 3 atom stereocenters. The van der Waals surface area contributed by atoms with Crippen molar-refractivity contribution < 1.29 is 32.3 Å². The quantitative estimate of drug-likeness (QED) is 0.403. The lowest BCUT2D eigenvalue weighted by Gasteiger charge is -2.46. The molecule has 1 aromatic carbocycles. The molecule has 4 rings (SSSR count). The van der Waals surface area contributed by atoms with Gasteiger partial charge >= 0.3 is 12.4 Å². The number of nitrogens with one attached hydrogen (secondary N) is 1. The van der Waals surface area contributed by atoms with Crippen molar-refractivity contribution in [1.29, 1.82) is 0 Å². The summed E-state index contributed by atoms with van der Waals surface area (Å²) < 4.78 is 41.4. The third kappa shape index (κ3) is 6.30. The van der Waals surface area contributed by atoms with Crippen molar-refractivity contribution >= 4 is 29.4 Å². The topological polar surface area (TPSA) is 131 Å². The van der Waals surface area contributed by atoms with E-state index >= 15 is 0 Å². The molecule has 40 heavy (non-hydrogen) atoms. The first-order valence-corrected chi connectivity index (χ1v) is 12.4. The van der Waals surface area contributed by atoms with Crippen molar-refractivity contribution in [3.63, 3.8) is 0 Å². The highest BCUT2D eigenvalue weighted by Gasteiger charge is 2.55. The van der Waals surface area contributed by atoms with E-state index in [1.54, 1.807) is 31.2 Å². The third-order valence-corrected chi connectivity index (χ3v) is 6.59. The van der Waals surface area contributed by atoms with Gasteiger partial charge in [-0.05, 0) is 60.4 Å². The zero-order valence-electron chi connectivity index (χ0n) is 21.6. The van der Waals surface area contributed by atoms with Gasteiger partial charge in [-0.1, -0.05) is 19.1 Å². The van der Waals surface area contributed by atoms with Crippen molar-refractivity contribution in [2.24, 2.45) is 5.92 Å². The summed E-state index contributed by atoms with van der Waals surface area (Å²) in [6, 6.07) is 9.04. The number of halogens is 3.